The van der Waals surface area contributed by atoms with Crippen LogP contribution in [0, 0.1) is 0 Å². The minimum atomic E-state index is -0.632. The fourth-order valence-electron chi connectivity index (χ4n) is 1.81. The second kappa shape index (κ2) is 5.48. The number of hydrogen-bond donors (Lipinski definition) is 2. The second-order valence-electron chi connectivity index (χ2n) is 4.97. The first-order chi connectivity index (χ1) is 9.08. The number of benzene rings is 1. The summed E-state index contributed by atoms with van der Waals surface area (Å²) in [6.07, 6.45) is 0.131. The molecule has 2 rings (SSSR count). The molecule has 1 amide bonds. The van der Waals surface area contributed by atoms with Crippen molar-refractivity contribution in [3.05, 3.63) is 24.3 Å². The van der Waals surface area contributed by atoms with Crippen LogP contribution >= 0.6 is 0 Å². The largest absolute Gasteiger partial charge is 0.485 e. The van der Waals surface area contributed by atoms with E-state index in [4.69, 9.17) is 15.2 Å². The first-order valence-corrected chi connectivity index (χ1v) is 6.48. The van der Waals surface area contributed by atoms with E-state index in [2.05, 4.69) is 5.32 Å². The predicted molar refractivity (Wildman–Crippen MR) is 72.2 cm³/mol. The van der Waals surface area contributed by atoms with Gasteiger partial charge in [0.1, 0.15) is 6.61 Å². The maximum Gasteiger partial charge on any atom is 0.265 e. The lowest BCUT2D eigenvalue weighted by Gasteiger charge is -2.32. The maximum atomic E-state index is 12.2. The van der Waals surface area contributed by atoms with Gasteiger partial charge < -0.3 is 20.5 Å². The smallest absolute Gasteiger partial charge is 0.265 e. The summed E-state index contributed by atoms with van der Waals surface area (Å²) >= 11 is 0. The van der Waals surface area contributed by atoms with Gasteiger partial charge in [0, 0.05) is 12.1 Å². The van der Waals surface area contributed by atoms with Gasteiger partial charge in [0.05, 0.1) is 0 Å². The number of para-hydroxylation sites is 2. The topological polar surface area (TPSA) is 73.6 Å². The number of nitrogens with two attached hydrogens (primary N) is 1. The molecule has 1 heterocycles. The first kappa shape index (κ1) is 13.7. The Balaban J connectivity index is 2.03. The third-order valence-corrected chi connectivity index (χ3v) is 3.46. The molecule has 0 spiro atoms. The van der Waals surface area contributed by atoms with E-state index in [-0.39, 0.29) is 12.5 Å². The monoisotopic (exact) mass is 264 g/mol. The van der Waals surface area contributed by atoms with Gasteiger partial charge in [-0.2, -0.15) is 0 Å². The van der Waals surface area contributed by atoms with E-state index in [1.807, 2.05) is 32.0 Å². The normalized spacial score (nSPS) is 20.5. The van der Waals surface area contributed by atoms with Gasteiger partial charge in [-0.05, 0) is 25.5 Å². The van der Waals surface area contributed by atoms with Gasteiger partial charge in [-0.1, -0.05) is 19.1 Å². The van der Waals surface area contributed by atoms with Gasteiger partial charge >= 0.3 is 0 Å². The molecule has 0 bridgehead atoms. The fourth-order valence-corrected chi connectivity index (χ4v) is 1.81. The predicted octanol–water partition coefficient (Wildman–Crippen LogP) is 1.07. The zero-order valence-electron chi connectivity index (χ0n) is 11.3. The van der Waals surface area contributed by atoms with E-state index < -0.39 is 11.6 Å². The van der Waals surface area contributed by atoms with E-state index >= 15 is 0 Å². The summed E-state index contributed by atoms with van der Waals surface area (Å²) in [7, 11) is 0. The third kappa shape index (κ3) is 2.98. The summed E-state index contributed by atoms with van der Waals surface area (Å²) in [6.45, 7) is 4.51. The van der Waals surface area contributed by atoms with Crippen LogP contribution in [0.3, 0.4) is 0 Å². The summed E-state index contributed by atoms with van der Waals surface area (Å²) < 4.78 is 11.2. The summed E-state index contributed by atoms with van der Waals surface area (Å²) in [5.74, 6) is 1.08. The Morgan fingerprint density at radius 2 is 2.16 bits per heavy atom. The SMILES string of the molecule is CCC(C)(CN)NC(=O)C1COc2ccccc2O1. The lowest BCUT2D eigenvalue weighted by molar-refractivity contribution is -0.132. The van der Waals surface area contributed by atoms with Gasteiger partial charge in [0.15, 0.2) is 11.5 Å². The zero-order chi connectivity index (χ0) is 13.9. The van der Waals surface area contributed by atoms with Crippen LogP contribution in [-0.4, -0.2) is 30.7 Å². The number of rotatable bonds is 4. The molecule has 1 aromatic carbocycles. The van der Waals surface area contributed by atoms with Crippen LogP contribution in [0.5, 0.6) is 11.5 Å². The Bertz CT molecular complexity index is 458. The van der Waals surface area contributed by atoms with Crippen molar-refractivity contribution in [2.24, 2.45) is 5.73 Å². The van der Waals surface area contributed by atoms with Gasteiger partial charge in [0.25, 0.3) is 5.91 Å². The van der Waals surface area contributed by atoms with Crippen molar-refractivity contribution in [2.45, 2.75) is 31.9 Å². The minimum Gasteiger partial charge on any atom is -0.485 e. The summed E-state index contributed by atoms with van der Waals surface area (Å²) in [5, 5.41) is 2.92. The molecule has 0 fully saturated rings. The van der Waals surface area contributed by atoms with Crippen molar-refractivity contribution in [1.82, 2.24) is 5.32 Å². The molecule has 0 radical (unpaired) electrons. The molecule has 0 aliphatic carbocycles. The van der Waals surface area contributed by atoms with Crippen molar-refractivity contribution in [2.75, 3.05) is 13.2 Å². The number of carbonyl (C=O) groups excluding carboxylic acids is 1. The molecule has 1 aliphatic rings. The van der Waals surface area contributed by atoms with Crippen LogP contribution < -0.4 is 20.5 Å². The molecule has 2 unspecified atom stereocenters. The molecule has 0 saturated heterocycles. The molecule has 0 aromatic heterocycles. The Labute approximate surface area is 113 Å². The molecule has 0 saturated carbocycles. The molecule has 3 N–H and O–H groups in total. The summed E-state index contributed by atoms with van der Waals surface area (Å²) in [6, 6.07) is 7.32. The van der Waals surface area contributed by atoms with Crippen LogP contribution in [-0.2, 0) is 4.79 Å². The standard InChI is InChI=1S/C14H20N2O3/c1-3-14(2,9-15)16-13(17)12-8-18-10-6-4-5-7-11(10)19-12/h4-7,12H,3,8-9,15H2,1-2H3,(H,16,17). The van der Waals surface area contributed by atoms with E-state index in [1.54, 1.807) is 6.07 Å². The Morgan fingerprint density at radius 1 is 1.47 bits per heavy atom. The molecule has 1 aromatic rings. The Morgan fingerprint density at radius 3 is 2.79 bits per heavy atom. The average Bonchev–Trinajstić information content (AvgIpc) is 2.46. The first-order valence-electron chi connectivity index (χ1n) is 6.48. The third-order valence-electron chi connectivity index (χ3n) is 3.46. The highest BCUT2D eigenvalue weighted by atomic mass is 16.6. The summed E-state index contributed by atoms with van der Waals surface area (Å²) in [4.78, 5) is 12.2. The lowest BCUT2D eigenvalue weighted by atomic mass is 9.99. The van der Waals surface area contributed by atoms with Crippen molar-refractivity contribution < 1.29 is 14.3 Å². The van der Waals surface area contributed by atoms with Gasteiger partial charge in [-0.3, -0.25) is 4.79 Å². The van der Waals surface area contributed by atoms with Crippen molar-refractivity contribution in [1.29, 1.82) is 0 Å². The van der Waals surface area contributed by atoms with Crippen LogP contribution in [0.1, 0.15) is 20.3 Å². The minimum absolute atomic E-state index is 0.190. The van der Waals surface area contributed by atoms with Crippen LogP contribution in [0.15, 0.2) is 24.3 Å². The molecule has 1 aliphatic heterocycles. The molecular weight excluding hydrogens is 244 g/mol. The number of hydrogen-bond acceptors (Lipinski definition) is 4. The highest BCUT2D eigenvalue weighted by Crippen LogP contribution is 2.30. The van der Waals surface area contributed by atoms with Crippen molar-refractivity contribution in [3.63, 3.8) is 0 Å². The Hall–Kier alpha value is -1.75. The van der Waals surface area contributed by atoms with E-state index in [0.29, 0.717) is 18.0 Å². The van der Waals surface area contributed by atoms with Crippen LogP contribution in [0.2, 0.25) is 0 Å². The van der Waals surface area contributed by atoms with Crippen LogP contribution in [0.25, 0.3) is 0 Å². The second-order valence-corrected chi connectivity index (χ2v) is 4.97. The summed E-state index contributed by atoms with van der Waals surface area (Å²) in [5.41, 5.74) is 5.28. The lowest BCUT2D eigenvalue weighted by Crippen LogP contribution is -2.56. The van der Waals surface area contributed by atoms with Gasteiger partial charge in [-0.25, -0.2) is 0 Å². The quantitative estimate of drug-likeness (QED) is 0.853. The fraction of sp³-hybridized carbons (Fsp3) is 0.500. The molecule has 104 valence electrons. The van der Waals surface area contributed by atoms with Crippen molar-refractivity contribution in [3.8, 4) is 11.5 Å². The molecule has 19 heavy (non-hydrogen) atoms. The average molecular weight is 264 g/mol. The zero-order valence-corrected chi connectivity index (χ0v) is 11.3. The van der Waals surface area contributed by atoms with E-state index in [0.717, 1.165) is 6.42 Å². The van der Waals surface area contributed by atoms with E-state index in [9.17, 15) is 4.79 Å². The molecule has 5 heteroatoms. The number of amides is 1. The van der Waals surface area contributed by atoms with Crippen LogP contribution in [0.4, 0.5) is 0 Å². The van der Waals surface area contributed by atoms with E-state index in [1.165, 1.54) is 0 Å². The number of nitrogens with one attached hydrogen (secondary N) is 1. The highest BCUT2D eigenvalue weighted by molar-refractivity contribution is 5.82. The molecule has 5 nitrogen and oxygen atoms in total. The molecule has 2 atom stereocenters. The Kier molecular flexibility index (Phi) is 3.95. The highest BCUT2D eigenvalue weighted by Gasteiger charge is 2.31. The number of carbonyl (C=O) groups is 1. The number of fused-ring (bicyclic) bond motifs is 1. The maximum absolute atomic E-state index is 12.2. The van der Waals surface area contributed by atoms with Gasteiger partial charge in [0.2, 0.25) is 6.10 Å². The van der Waals surface area contributed by atoms with Crippen molar-refractivity contribution >= 4 is 5.91 Å². The number of ether oxygens (including phenoxy) is 2. The van der Waals surface area contributed by atoms with Gasteiger partial charge in [-0.15, -0.1) is 0 Å². The molecular formula is C14H20N2O3.